The molecule has 26 heavy (non-hydrogen) atoms. The van der Waals surface area contributed by atoms with Gasteiger partial charge in [-0.1, -0.05) is 44.2 Å². The summed E-state index contributed by atoms with van der Waals surface area (Å²) < 4.78 is 0. The Kier molecular flexibility index (Phi) is 4.07. The third-order valence-corrected chi connectivity index (χ3v) is 5.22. The molecule has 1 aliphatic heterocycles. The highest BCUT2D eigenvalue weighted by molar-refractivity contribution is 5.93. The molecule has 0 radical (unpaired) electrons. The Labute approximate surface area is 153 Å². The van der Waals surface area contributed by atoms with Crippen LogP contribution < -0.4 is 0 Å². The van der Waals surface area contributed by atoms with E-state index in [0.717, 1.165) is 24.3 Å². The predicted octanol–water partition coefficient (Wildman–Crippen LogP) is 3.74. The van der Waals surface area contributed by atoms with Crippen LogP contribution in [0.15, 0.2) is 60.9 Å². The Bertz CT molecular complexity index is 902. The maximum absolute atomic E-state index is 13.0. The van der Waals surface area contributed by atoms with Gasteiger partial charge < -0.3 is 4.90 Å². The molecule has 1 fully saturated rings. The molecule has 3 aromatic rings. The fourth-order valence-electron chi connectivity index (χ4n) is 3.80. The van der Waals surface area contributed by atoms with Crippen molar-refractivity contribution in [3.63, 3.8) is 0 Å². The molecule has 0 spiro atoms. The summed E-state index contributed by atoms with van der Waals surface area (Å²) in [6, 6.07) is 16.0. The largest absolute Gasteiger partial charge is 0.336 e. The number of benzene rings is 1. The molecule has 1 N–H and O–H groups in total. The minimum atomic E-state index is 0.00399. The monoisotopic (exact) mass is 346 g/mol. The lowest BCUT2D eigenvalue weighted by molar-refractivity contribution is 0.0772. The number of H-pyrrole nitrogens is 1. The van der Waals surface area contributed by atoms with Gasteiger partial charge >= 0.3 is 0 Å². The summed E-state index contributed by atoms with van der Waals surface area (Å²) in [7, 11) is 0. The zero-order valence-electron chi connectivity index (χ0n) is 15.0. The molecular formula is C21H22N4O. The topological polar surface area (TPSA) is 61.9 Å². The molecule has 1 amide bonds. The van der Waals surface area contributed by atoms with E-state index in [1.165, 1.54) is 5.56 Å². The second-order valence-electron chi connectivity index (χ2n) is 7.54. The Morgan fingerprint density at radius 2 is 1.88 bits per heavy atom. The first-order chi connectivity index (χ1) is 12.5. The molecule has 5 heteroatoms. The van der Waals surface area contributed by atoms with Gasteiger partial charge in [0.1, 0.15) is 5.69 Å². The number of pyridine rings is 1. The van der Waals surface area contributed by atoms with E-state index >= 15 is 0 Å². The van der Waals surface area contributed by atoms with Gasteiger partial charge in [-0.3, -0.25) is 14.9 Å². The maximum atomic E-state index is 13.0. The van der Waals surface area contributed by atoms with Gasteiger partial charge in [-0.25, -0.2) is 0 Å². The van der Waals surface area contributed by atoms with Gasteiger partial charge in [-0.2, -0.15) is 5.10 Å². The molecule has 132 valence electrons. The van der Waals surface area contributed by atoms with Crippen LogP contribution in [0, 0.1) is 5.41 Å². The van der Waals surface area contributed by atoms with Gasteiger partial charge in [0, 0.05) is 37.0 Å². The zero-order chi connectivity index (χ0) is 18.1. The number of likely N-dealkylation sites (tertiary alicyclic amines) is 1. The number of carbonyl (C=O) groups excluding carboxylic acids is 1. The summed E-state index contributed by atoms with van der Waals surface area (Å²) >= 11 is 0. The minimum Gasteiger partial charge on any atom is -0.336 e. The van der Waals surface area contributed by atoms with E-state index in [-0.39, 0.29) is 11.3 Å². The number of aromatic amines is 1. The molecule has 0 bridgehead atoms. The van der Waals surface area contributed by atoms with E-state index in [0.29, 0.717) is 11.6 Å². The number of aromatic nitrogens is 3. The number of nitrogens with one attached hydrogen (secondary N) is 1. The summed E-state index contributed by atoms with van der Waals surface area (Å²) in [5.41, 5.74) is 3.55. The molecule has 1 aliphatic rings. The van der Waals surface area contributed by atoms with Crippen molar-refractivity contribution in [3.05, 3.63) is 72.2 Å². The summed E-state index contributed by atoms with van der Waals surface area (Å²) in [5.74, 6) is 0.333. The average Bonchev–Trinajstić information content (AvgIpc) is 3.27. The standard InChI is InChI=1S/C21H22N4O/c1-21(2)14-25(13-17(21)15-6-4-3-5-7-15)20(26)19-12-18(23-24-19)16-8-10-22-11-9-16/h3-12,17H,13-14H2,1-2H3,(H,23,24)/t17-/m1/s1. The van der Waals surface area contributed by atoms with Crippen molar-refractivity contribution in [3.8, 4) is 11.3 Å². The molecule has 5 nitrogen and oxygen atoms in total. The van der Waals surface area contributed by atoms with E-state index < -0.39 is 0 Å². The molecule has 1 aromatic carbocycles. The lowest BCUT2D eigenvalue weighted by atomic mass is 9.78. The highest BCUT2D eigenvalue weighted by Gasteiger charge is 2.42. The summed E-state index contributed by atoms with van der Waals surface area (Å²) in [6.07, 6.45) is 3.44. The Hall–Kier alpha value is -2.95. The van der Waals surface area contributed by atoms with Crippen molar-refractivity contribution in [2.24, 2.45) is 5.41 Å². The van der Waals surface area contributed by atoms with Crippen molar-refractivity contribution in [2.75, 3.05) is 13.1 Å². The number of nitrogens with zero attached hydrogens (tertiary/aromatic N) is 3. The molecule has 1 saturated heterocycles. The van der Waals surface area contributed by atoms with Crippen LogP contribution in [0.2, 0.25) is 0 Å². The van der Waals surface area contributed by atoms with Crippen LogP contribution >= 0.6 is 0 Å². The molecule has 0 unspecified atom stereocenters. The van der Waals surface area contributed by atoms with E-state index in [9.17, 15) is 4.79 Å². The average molecular weight is 346 g/mol. The first-order valence-electron chi connectivity index (χ1n) is 8.85. The van der Waals surface area contributed by atoms with Crippen LogP contribution in [-0.2, 0) is 0 Å². The van der Waals surface area contributed by atoms with E-state index in [1.54, 1.807) is 12.4 Å². The maximum Gasteiger partial charge on any atom is 0.271 e. The number of hydrogen-bond donors (Lipinski definition) is 1. The van der Waals surface area contributed by atoms with Crippen molar-refractivity contribution in [1.29, 1.82) is 0 Å². The van der Waals surface area contributed by atoms with Gasteiger partial charge in [-0.05, 0) is 29.2 Å². The van der Waals surface area contributed by atoms with Crippen LogP contribution in [0.5, 0.6) is 0 Å². The van der Waals surface area contributed by atoms with Crippen LogP contribution in [0.3, 0.4) is 0 Å². The molecule has 4 rings (SSSR count). The lowest BCUT2D eigenvalue weighted by Crippen LogP contribution is -2.30. The highest BCUT2D eigenvalue weighted by Crippen LogP contribution is 2.42. The number of amides is 1. The van der Waals surface area contributed by atoms with Crippen molar-refractivity contribution in [2.45, 2.75) is 19.8 Å². The second kappa shape index (κ2) is 6.41. The van der Waals surface area contributed by atoms with Crippen LogP contribution in [0.4, 0.5) is 0 Å². The number of carbonyl (C=O) groups is 1. The van der Waals surface area contributed by atoms with Gasteiger partial charge in [-0.15, -0.1) is 0 Å². The smallest absolute Gasteiger partial charge is 0.271 e. The second-order valence-corrected chi connectivity index (χ2v) is 7.54. The normalized spacial score (nSPS) is 18.8. The van der Waals surface area contributed by atoms with Gasteiger partial charge in [0.15, 0.2) is 0 Å². The SMILES string of the molecule is CC1(C)CN(C(=O)c2cc(-c3ccncc3)n[nH]2)C[C@@H]1c1ccccc1. The van der Waals surface area contributed by atoms with Crippen molar-refractivity contribution in [1.82, 2.24) is 20.1 Å². The molecule has 1 atom stereocenters. The Morgan fingerprint density at radius 3 is 2.62 bits per heavy atom. The Balaban J connectivity index is 1.55. The van der Waals surface area contributed by atoms with Gasteiger partial charge in [0.25, 0.3) is 5.91 Å². The third-order valence-electron chi connectivity index (χ3n) is 5.22. The predicted molar refractivity (Wildman–Crippen MR) is 101 cm³/mol. The zero-order valence-corrected chi connectivity index (χ0v) is 15.0. The van der Waals surface area contributed by atoms with Crippen LogP contribution in [0.1, 0.15) is 35.8 Å². The first kappa shape index (κ1) is 16.5. The summed E-state index contributed by atoms with van der Waals surface area (Å²) in [6.45, 7) is 5.91. The Morgan fingerprint density at radius 1 is 1.15 bits per heavy atom. The molecule has 3 heterocycles. The quantitative estimate of drug-likeness (QED) is 0.786. The lowest BCUT2D eigenvalue weighted by Gasteiger charge is -2.25. The summed E-state index contributed by atoms with van der Waals surface area (Å²) in [5, 5.41) is 7.19. The summed E-state index contributed by atoms with van der Waals surface area (Å²) in [4.78, 5) is 18.9. The van der Waals surface area contributed by atoms with E-state index in [2.05, 4.69) is 53.3 Å². The fourth-order valence-corrected chi connectivity index (χ4v) is 3.80. The number of hydrogen-bond acceptors (Lipinski definition) is 3. The van der Waals surface area contributed by atoms with Crippen molar-refractivity contribution < 1.29 is 4.79 Å². The molecular weight excluding hydrogens is 324 g/mol. The van der Waals surface area contributed by atoms with Crippen LogP contribution in [0.25, 0.3) is 11.3 Å². The first-order valence-corrected chi connectivity index (χ1v) is 8.85. The molecule has 2 aromatic heterocycles. The van der Waals surface area contributed by atoms with Crippen LogP contribution in [-0.4, -0.2) is 39.1 Å². The number of rotatable bonds is 3. The third kappa shape index (κ3) is 3.01. The van der Waals surface area contributed by atoms with Gasteiger partial charge in [0.05, 0.1) is 5.69 Å². The minimum absolute atomic E-state index is 0.00399. The molecule has 0 aliphatic carbocycles. The van der Waals surface area contributed by atoms with E-state index in [4.69, 9.17) is 0 Å². The molecule has 0 saturated carbocycles. The van der Waals surface area contributed by atoms with Crippen molar-refractivity contribution >= 4 is 5.91 Å². The highest BCUT2D eigenvalue weighted by atomic mass is 16.2. The van der Waals surface area contributed by atoms with Gasteiger partial charge in [0.2, 0.25) is 0 Å². The fraction of sp³-hybridized carbons (Fsp3) is 0.286. The van der Waals surface area contributed by atoms with E-state index in [1.807, 2.05) is 29.2 Å².